The van der Waals surface area contributed by atoms with Gasteiger partial charge in [-0.2, -0.15) is 0 Å². The Bertz CT molecular complexity index is 833. The number of hydrogen-bond acceptors (Lipinski definition) is 5. The summed E-state index contributed by atoms with van der Waals surface area (Å²) >= 11 is 0. The number of methoxy groups -OCH3 is 1. The Kier molecular flexibility index (Phi) is 7.48. The molecule has 0 aliphatic carbocycles. The Morgan fingerprint density at radius 3 is 2.22 bits per heavy atom. The van der Waals surface area contributed by atoms with Crippen LogP contribution in [0, 0.1) is 0 Å². The number of sulfonamides is 1. The first-order valence-corrected chi connectivity index (χ1v) is 10.1. The van der Waals surface area contributed by atoms with Crippen LogP contribution >= 0.6 is 0 Å². The number of carbonyl (C=O) groups is 1. The lowest BCUT2D eigenvalue weighted by Gasteiger charge is -2.10. The molecule has 27 heavy (non-hydrogen) atoms. The van der Waals surface area contributed by atoms with Gasteiger partial charge in [0.2, 0.25) is 0 Å². The predicted octanol–water partition coefficient (Wildman–Crippen LogP) is 2.79. The Morgan fingerprint density at radius 1 is 1.00 bits per heavy atom. The highest BCUT2D eigenvalue weighted by molar-refractivity contribution is 7.92. The molecule has 0 aliphatic heterocycles. The number of benzene rings is 2. The van der Waals surface area contributed by atoms with Crippen molar-refractivity contribution in [3.8, 4) is 11.5 Å². The normalized spacial score (nSPS) is 10.9. The molecule has 0 heterocycles. The van der Waals surface area contributed by atoms with Crippen LogP contribution in [0.3, 0.4) is 0 Å². The molecule has 0 aromatic heterocycles. The van der Waals surface area contributed by atoms with Crippen molar-refractivity contribution in [3.63, 3.8) is 0 Å². The minimum absolute atomic E-state index is 0.0954. The maximum Gasteiger partial charge on any atom is 0.261 e. The van der Waals surface area contributed by atoms with Crippen LogP contribution in [0.25, 0.3) is 0 Å². The lowest BCUT2D eigenvalue weighted by molar-refractivity contribution is -0.123. The van der Waals surface area contributed by atoms with Gasteiger partial charge in [-0.15, -0.1) is 0 Å². The van der Waals surface area contributed by atoms with Crippen LogP contribution in [0.1, 0.15) is 19.8 Å². The van der Waals surface area contributed by atoms with Crippen molar-refractivity contribution in [1.82, 2.24) is 5.32 Å². The van der Waals surface area contributed by atoms with Gasteiger partial charge in [0.15, 0.2) is 6.61 Å². The van der Waals surface area contributed by atoms with Gasteiger partial charge in [-0.25, -0.2) is 8.42 Å². The van der Waals surface area contributed by atoms with Gasteiger partial charge >= 0.3 is 0 Å². The van der Waals surface area contributed by atoms with Crippen LogP contribution in [0.15, 0.2) is 53.4 Å². The van der Waals surface area contributed by atoms with E-state index in [-0.39, 0.29) is 17.4 Å². The zero-order valence-electron chi connectivity index (χ0n) is 15.4. The summed E-state index contributed by atoms with van der Waals surface area (Å²) in [6.45, 7) is 2.55. The van der Waals surface area contributed by atoms with Crippen LogP contribution in [0.5, 0.6) is 11.5 Å². The fourth-order valence-electron chi connectivity index (χ4n) is 2.19. The third kappa shape index (κ3) is 6.49. The molecule has 0 unspecified atom stereocenters. The van der Waals surface area contributed by atoms with Crippen molar-refractivity contribution in [2.45, 2.75) is 24.7 Å². The fourth-order valence-corrected chi connectivity index (χ4v) is 3.25. The highest BCUT2D eigenvalue weighted by Crippen LogP contribution is 2.21. The molecular formula is C19H24N2O5S. The summed E-state index contributed by atoms with van der Waals surface area (Å²) in [5.41, 5.74) is 0.430. The van der Waals surface area contributed by atoms with Crippen LogP contribution in [0.4, 0.5) is 5.69 Å². The molecule has 146 valence electrons. The fraction of sp³-hybridized carbons (Fsp3) is 0.316. The maximum absolute atomic E-state index is 12.4. The Hall–Kier alpha value is -2.74. The largest absolute Gasteiger partial charge is 0.497 e. The zero-order valence-corrected chi connectivity index (χ0v) is 16.2. The van der Waals surface area contributed by atoms with Crippen molar-refractivity contribution in [3.05, 3.63) is 48.5 Å². The van der Waals surface area contributed by atoms with Crippen LogP contribution in [0.2, 0.25) is 0 Å². The van der Waals surface area contributed by atoms with E-state index in [1.165, 1.54) is 31.4 Å². The molecule has 0 saturated carbocycles. The van der Waals surface area contributed by atoms with Gasteiger partial charge in [-0.1, -0.05) is 13.3 Å². The second-order valence-electron chi connectivity index (χ2n) is 5.80. The summed E-state index contributed by atoms with van der Waals surface area (Å²) in [7, 11) is -2.18. The van der Waals surface area contributed by atoms with Gasteiger partial charge in [-0.3, -0.25) is 9.52 Å². The summed E-state index contributed by atoms with van der Waals surface area (Å²) < 4.78 is 37.8. The number of nitrogens with one attached hydrogen (secondary N) is 2. The number of ether oxygens (including phenoxy) is 2. The molecule has 2 rings (SSSR count). The number of carbonyl (C=O) groups excluding carboxylic acids is 1. The van der Waals surface area contributed by atoms with Gasteiger partial charge in [0.25, 0.3) is 15.9 Å². The monoisotopic (exact) mass is 392 g/mol. The first kappa shape index (κ1) is 20.6. The number of anilines is 1. The number of rotatable bonds is 10. The van der Waals surface area contributed by atoms with Crippen LogP contribution in [-0.2, 0) is 14.8 Å². The number of hydrogen-bond donors (Lipinski definition) is 2. The standard InChI is InChI=1S/C19H24N2O5S/c1-3-4-13-20-19(22)14-26-17-9-11-18(12-10-17)27(23,24)21-15-5-7-16(25-2)8-6-15/h5-12,21H,3-4,13-14H2,1-2H3,(H,20,22). The molecule has 1 amide bonds. The molecule has 0 spiro atoms. The van der Waals surface area contributed by atoms with E-state index in [0.717, 1.165) is 12.8 Å². The van der Waals surface area contributed by atoms with Crippen LogP contribution in [-0.4, -0.2) is 34.6 Å². The third-order valence-corrected chi connectivity index (χ3v) is 5.10. The van der Waals surface area contributed by atoms with Gasteiger partial charge < -0.3 is 14.8 Å². The van der Waals surface area contributed by atoms with Crippen molar-refractivity contribution in [1.29, 1.82) is 0 Å². The SMILES string of the molecule is CCCCNC(=O)COc1ccc(S(=O)(=O)Nc2ccc(OC)cc2)cc1. The molecule has 0 fully saturated rings. The molecule has 2 aromatic carbocycles. The zero-order chi connectivity index (χ0) is 19.7. The molecule has 0 radical (unpaired) electrons. The van der Waals surface area contributed by atoms with Crippen molar-refractivity contribution in [2.24, 2.45) is 0 Å². The smallest absolute Gasteiger partial charge is 0.261 e. The Labute approximate surface area is 159 Å². The van der Waals surface area contributed by atoms with E-state index in [4.69, 9.17) is 9.47 Å². The minimum atomic E-state index is -3.72. The topological polar surface area (TPSA) is 93.7 Å². The van der Waals surface area contributed by atoms with E-state index in [9.17, 15) is 13.2 Å². The molecule has 0 saturated heterocycles. The highest BCUT2D eigenvalue weighted by atomic mass is 32.2. The average Bonchev–Trinajstić information content (AvgIpc) is 2.67. The molecule has 0 aliphatic rings. The second-order valence-corrected chi connectivity index (χ2v) is 7.48. The summed E-state index contributed by atoms with van der Waals surface area (Å²) in [4.78, 5) is 11.7. The van der Waals surface area contributed by atoms with Gasteiger partial charge in [0.05, 0.1) is 12.0 Å². The maximum atomic E-state index is 12.4. The summed E-state index contributed by atoms with van der Waals surface area (Å²) in [6.07, 6.45) is 1.92. The minimum Gasteiger partial charge on any atom is -0.497 e. The van der Waals surface area contributed by atoms with E-state index in [1.54, 1.807) is 24.3 Å². The molecule has 0 atom stereocenters. The lowest BCUT2D eigenvalue weighted by Crippen LogP contribution is -2.29. The van der Waals surface area contributed by atoms with Crippen molar-refractivity contribution in [2.75, 3.05) is 25.0 Å². The molecule has 7 nitrogen and oxygen atoms in total. The van der Waals surface area contributed by atoms with E-state index < -0.39 is 10.0 Å². The molecular weight excluding hydrogens is 368 g/mol. The summed E-state index contributed by atoms with van der Waals surface area (Å²) in [6, 6.07) is 12.5. The predicted molar refractivity (Wildman–Crippen MR) is 104 cm³/mol. The third-order valence-electron chi connectivity index (χ3n) is 3.70. The van der Waals surface area contributed by atoms with E-state index in [2.05, 4.69) is 10.0 Å². The summed E-state index contributed by atoms with van der Waals surface area (Å²) in [5, 5.41) is 2.75. The molecule has 2 N–H and O–H groups in total. The van der Waals surface area contributed by atoms with E-state index in [0.29, 0.717) is 23.7 Å². The van der Waals surface area contributed by atoms with Crippen molar-refractivity contribution >= 4 is 21.6 Å². The second kappa shape index (κ2) is 9.82. The van der Waals surface area contributed by atoms with E-state index >= 15 is 0 Å². The van der Waals surface area contributed by atoms with Crippen molar-refractivity contribution < 1.29 is 22.7 Å². The lowest BCUT2D eigenvalue weighted by atomic mass is 10.3. The molecule has 2 aromatic rings. The quantitative estimate of drug-likeness (QED) is 0.607. The van der Waals surface area contributed by atoms with Gasteiger partial charge in [0.1, 0.15) is 11.5 Å². The Balaban J connectivity index is 1.93. The number of amides is 1. The highest BCUT2D eigenvalue weighted by Gasteiger charge is 2.14. The number of unbranched alkanes of at least 4 members (excludes halogenated alkanes) is 1. The molecule has 0 bridgehead atoms. The van der Waals surface area contributed by atoms with Gasteiger partial charge in [0, 0.05) is 12.2 Å². The Morgan fingerprint density at radius 2 is 1.63 bits per heavy atom. The average molecular weight is 392 g/mol. The van der Waals surface area contributed by atoms with Crippen LogP contribution < -0.4 is 19.5 Å². The van der Waals surface area contributed by atoms with E-state index in [1.807, 2.05) is 6.92 Å². The first-order chi connectivity index (χ1) is 12.9. The summed E-state index contributed by atoms with van der Waals surface area (Å²) in [5.74, 6) is 0.851. The van der Waals surface area contributed by atoms with Gasteiger partial charge in [-0.05, 0) is 55.0 Å². The molecule has 8 heteroatoms. The first-order valence-electron chi connectivity index (χ1n) is 8.61.